The maximum atomic E-state index is 11.7. The van der Waals surface area contributed by atoms with Crippen molar-refractivity contribution in [2.45, 2.75) is 90.6 Å². The number of hydrogen-bond donors (Lipinski definition) is 2. The van der Waals surface area contributed by atoms with Gasteiger partial charge in [0, 0.05) is 6.42 Å². The molecule has 0 rings (SSSR count). The number of aliphatic carboxylic acids is 1. The standard InChI is InChI=1S/C18H32O5/c1-3-5-6-7-8-9-10-12-15(19)13-18(22)23-16(11-4-2)14-17(20)21/h13,16,19H,3-12,14H2,1-2H3,(H,20,21). The van der Waals surface area contributed by atoms with Gasteiger partial charge < -0.3 is 14.9 Å². The molecule has 0 aromatic carbocycles. The van der Waals surface area contributed by atoms with E-state index >= 15 is 0 Å². The molecular formula is C18H32O5. The molecule has 0 heterocycles. The SMILES string of the molecule is CCCCCCCCCC(O)=CC(=O)OC(CCC)CC(=O)O. The Bertz CT molecular complexity index is 362. The van der Waals surface area contributed by atoms with E-state index in [1.807, 2.05) is 6.92 Å². The molecule has 1 atom stereocenters. The largest absolute Gasteiger partial charge is 0.512 e. The van der Waals surface area contributed by atoms with Gasteiger partial charge >= 0.3 is 11.9 Å². The summed E-state index contributed by atoms with van der Waals surface area (Å²) in [5.74, 6) is -1.65. The average Bonchev–Trinajstić information content (AvgIpc) is 2.45. The number of allylic oxidation sites excluding steroid dienone is 1. The molecule has 23 heavy (non-hydrogen) atoms. The summed E-state index contributed by atoms with van der Waals surface area (Å²) in [7, 11) is 0. The van der Waals surface area contributed by atoms with Crippen molar-refractivity contribution in [3.8, 4) is 0 Å². The number of carboxylic acid groups (broad SMARTS) is 1. The summed E-state index contributed by atoms with van der Waals surface area (Å²) in [5.41, 5.74) is 0. The topological polar surface area (TPSA) is 83.8 Å². The number of carboxylic acids is 1. The van der Waals surface area contributed by atoms with Gasteiger partial charge in [-0.3, -0.25) is 4.79 Å². The minimum Gasteiger partial charge on any atom is -0.512 e. The van der Waals surface area contributed by atoms with Crippen LogP contribution in [-0.4, -0.2) is 28.3 Å². The van der Waals surface area contributed by atoms with Gasteiger partial charge in [0.05, 0.1) is 18.3 Å². The first-order chi connectivity index (χ1) is 11.0. The first-order valence-corrected chi connectivity index (χ1v) is 8.81. The van der Waals surface area contributed by atoms with Gasteiger partial charge in [0.2, 0.25) is 0 Å². The molecule has 0 aliphatic carbocycles. The van der Waals surface area contributed by atoms with Crippen LogP contribution in [0.25, 0.3) is 0 Å². The average molecular weight is 328 g/mol. The normalized spacial score (nSPS) is 12.9. The van der Waals surface area contributed by atoms with Gasteiger partial charge in [-0.15, -0.1) is 0 Å². The highest BCUT2D eigenvalue weighted by Crippen LogP contribution is 2.12. The summed E-state index contributed by atoms with van der Waals surface area (Å²) >= 11 is 0. The molecule has 0 bridgehead atoms. The fourth-order valence-electron chi connectivity index (χ4n) is 2.39. The Labute approximate surface area is 139 Å². The van der Waals surface area contributed by atoms with Crippen molar-refractivity contribution in [3.05, 3.63) is 11.8 Å². The first-order valence-electron chi connectivity index (χ1n) is 8.81. The number of aliphatic hydroxyl groups is 1. The quantitative estimate of drug-likeness (QED) is 0.208. The van der Waals surface area contributed by atoms with Gasteiger partial charge in [-0.1, -0.05) is 58.8 Å². The van der Waals surface area contributed by atoms with Crippen molar-refractivity contribution in [1.82, 2.24) is 0 Å². The van der Waals surface area contributed by atoms with Crippen molar-refractivity contribution >= 4 is 11.9 Å². The molecule has 0 fully saturated rings. The lowest BCUT2D eigenvalue weighted by Gasteiger charge is -2.14. The highest BCUT2D eigenvalue weighted by atomic mass is 16.5. The van der Waals surface area contributed by atoms with E-state index in [2.05, 4.69) is 6.92 Å². The second kappa shape index (κ2) is 14.1. The second-order valence-corrected chi connectivity index (χ2v) is 5.95. The molecule has 134 valence electrons. The molecular weight excluding hydrogens is 296 g/mol. The van der Waals surface area contributed by atoms with Crippen molar-refractivity contribution < 1.29 is 24.5 Å². The molecule has 2 N–H and O–H groups in total. The van der Waals surface area contributed by atoms with Gasteiger partial charge in [-0.05, 0) is 12.8 Å². The van der Waals surface area contributed by atoms with Crippen LogP contribution in [0.15, 0.2) is 11.8 Å². The molecule has 0 saturated heterocycles. The maximum absolute atomic E-state index is 11.7. The maximum Gasteiger partial charge on any atom is 0.334 e. The minimum atomic E-state index is -0.993. The highest BCUT2D eigenvalue weighted by Gasteiger charge is 2.16. The van der Waals surface area contributed by atoms with Gasteiger partial charge in [0.15, 0.2) is 0 Å². The third-order valence-corrected chi connectivity index (χ3v) is 3.62. The summed E-state index contributed by atoms with van der Waals surface area (Å²) < 4.78 is 5.09. The van der Waals surface area contributed by atoms with E-state index in [0.29, 0.717) is 12.8 Å². The van der Waals surface area contributed by atoms with E-state index < -0.39 is 18.0 Å². The van der Waals surface area contributed by atoms with E-state index in [-0.39, 0.29) is 12.2 Å². The Hall–Kier alpha value is -1.52. The Morgan fingerprint density at radius 3 is 2.13 bits per heavy atom. The van der Waals surface area contributed by atoms with Gasteiger partial charge in [-0.25, -0.2) is 4.79 Å². The number of unbranched alkanes of at least 4 members (excludes halogenated alkanes) is 6. The zero-order chi connectivity index (χ0) is 17.5. The summed E-state index contributed by atoms with van der Waals surface area (Å²) in [6, 6.07) is 0. The molecule has 0 aromatic heterocycles. The fraction of sp³-hybridized carbons (Fsp3) is 0.778. The van der Waals surface area contributed by atoms with E-state index in [9.17, 15) is 14.7 Å². The fourth-order valence-corrected chi connectivity index (χ4v) is 2.39. The number of carbonyl (C=O) groups is 2. The second-order valence-electron chi connectivity index (χ2n) is 5.95. The lowest BCUT2D eigenvalue weighted by atomic mass is 10.1. The monoisotopic (exact) mass is 328 g/mol. The van der Waals surface area contributed by atoms with Crippen LogP contribution in [0, 0.1) is 0 Å². The molecule has 1 unspecified atom stereocenters. The molecule has 5 heteroatoms. The Morgan fingerprint density at radius 2 is 1.57 bits per heavy atom. The van der Waals surface area contributed by atoms with E-state index in [1.54, 1.807) is 0 Å². The first kappa shape index (κ1) is 21.5. The van der Waals surface area contributed by atoms with Crippen LogP contribution in [0.4, 0.5) is 0 Å². The zero-order valence-electron chi connectivity index (χ0n) is 14.6. The van der Waals surface area contributed by atoms with Crippen LogP contribution in [0.3, 0.4) is 0 Å². The number of esters is 1. The Morgan fingerprint density at radius 1 is 0.957 bits per heavy atom. The predicted octanol–water partition coefficient (Wildman–Crippen LogP) is 4.76. The molecule has 0 saturated carbocycles. The van der Waals surface area contributed by atoms with E-state index in [0.717, 1.165) is 31.8 Å². The van der Waals surface area contributed by atoms with Crippen LogP contribution >= 0.6 is 0 Å². The molecule has 5 nitrogen and oxygen atoms in total. The number of hydrogen-bond acceptors (Lipinski definition) is 4. The van der Waals surface area contributed by atoms with Crippen molar-refractivity contribution in [2.75, 3.05) is 0 Å². The van der Waals surface area contributed by atoms with Crippen LogP contribution in [-0.2, 0) is 14.3 Å². The Balaban J connectivity index is 3.98. The minimum absolute atomic E-state index is 0.00846. The number of ether oxygens (including phenoxy) is 1. The lowest BCUT2D eigenvalue weighted by Crippen LogP contribution is -2.20. The van der Waals surface area contributed by atoms with Crippen LogP contribution in [0.5, 0.6) is 0 Å². The molecule has 0 amide bonds. The lowest BCUT2D eigenvalue weighted by molar-refractivity contribution is -0.148. The molecule has 0 aliphatic heterocycles. The molecule has 0 aliphatic rings. The van der Waals surface area contributed by atoms with Gasteiger partial charge in [0.1, 0.15) is 6.10 Å². The summed E-state index contributed by atoms with van der Waals surface area (Å²) in [4.78, 5) is 22.4. The van der Waals surface area contributed by atoms with Crippen LogP contribution < -0.4 is 0 Å². The van der Waals surface area contributed by atoms with E-state index in [1.165, 1.54) is 25.7 Å². The number of carbonyl (C=O) groups excluding carboxylic acids is 1. The zero-order valence-corrected chi connectivity index (χ0v) is 14.6. The van der Waals surface area contributed by atoms with Crippen LogP contribution in [0.1, 0.15) is 84.5 Å². The van der Waals surface area contributed by atoms with Crippen molar-refractivity contribution in [2.24, 2.45) is 0 Å². The summed E-state index contributed by atoms with van der Waals surface area (Å²) in [6.07, 6.45) is 9.93. The highest BCUT2D eigenvalue weighted by molar-refractivity contribution is 5.82. The predicted molar refractivity (Wildman–Crippen MR) is 90.4 cm³/mol. The van der Waals surface area contributed by atoms with Gasteiger partial charge in [0.25, 0.3) is 0 Å². The number of aliphatic hydroxyl groups excluding tert-OH is 1. The summed E-state index contributed by atoms with van der Waals surface area (Å²) in [5, 5.41) is 18.5. The smallest absolute Gasteiger partial charge is 0.334 e. The molecule has 0 radical (unpaired) electrons. The third-order valence-electron chi connectivity index (χ3n) is 3.62. The third kappa shape index (κ3) is 13.8. The molecule has 0 spiro atoms. The molecule has 0 aromatic rings. The van der Waals surface area contributed by atoms with Crippen molar-refractivity contribution in [1.29, 1.82) is 0 Å². The van der Waals surface area contributed by atoms with Crippen molar-refractivity contribution in [3.63, 3.8) is 0 Å². The number of rotatable bonds is 14. The van der Waals surface area contributed by atoms with E-state index in [4.69, 9.17) is 9.84 Å². The Kier molecular flexibility index (Phi) is 13.2. The van der Waals surface area contributed by atoms with Crippen LogP contribution in [0.2, 0.25) is 0 Å². The van der Waals surface area contributed by atoms with Gasteiger partial charge in [-0.2, -0.15) is 0 Å². The summed E-state index contributed by atoms with van der Waals surface area (Å²) in [6.45, 7) is 4.08.